The molecule has 0 aliphatic rings. The van der Waals surface area contributed by atoms with Crippen molar-refractivity contribution in [1.82, 2.24) is 4.90 Å². The minimum Gasteiger partial charge on any atom is -0.324 e. The van der Waals surface area contributed by atoms with Gasteiger partial charge < -0.3 is 5.32 Å². The molecule has 2 aromatic rings. The van der Waals surface area contributed by atoms with Gasteiger partial charge in [-0.1, -0.05) is 57.2 Å². The minimum atomic E-state index is -0.316. The maximum absolute atomic E-state index is 12.5. The first kappa shape index (κ1) is 19.7. The molecule has 0 aliphatic carbocycles. The van der Waals surface area contributed by atoms with Crippen LogP contribution in [0.2, 0.25) is 0 Å². The second-order valence-electron chi connectivity index (χ2n) is 7.68. The van der Waals surface area contributed by atoms with Crippen molar-refractivity contribution >= 4 is 11.6 Å². The smallest absolute Gasteiger partial charge is 0.241 e. The number of nitriles is 1. The summed E-state index contributed by atoms with van der Waals surface area (Å²) in [4.78, 5) is 14.5. The Morgan fingerprint density at radius 2 is 1.77 bits per heavy atom. The van der Waals surface area contributed by atoms with Crippen molar-refractivity contribution in [3.05, 3.63) is 65.2 Å². The van der Waals surface area contributed by atoms with E-state index < -0.39 is 0 Å². The van der Waals surface area contributed by atoms with Crippen LogP contribution in [0, 0.1) is 11.3 Å². The summed E-state index contributed by atoms with van der Waals surface area (Å²) in [5.74, 6) is -0.124. The maximum atomic E-state index is 12.5. The molecule has 0 aliphatic heterocycles. The van der Waals surface area contributed by atoms with E-state index in [9.17, 15) is 4.79 Å². The number of hydrogen-bond donors (Lipinski definition) is 1. The van der Waals surface area contributed by atoms with Crippen LogP contribution in [0.3, 0.4) is 0 Å². The zero-order chi connectivity index (χ0) is 19.3. The number of hydrogen-bond acceptors (Lipinski definition) is 3. The monoisotopic (exact) mass is 349 g/mol. The number of benzene rings is 2. The highest BCUT2D eigenvalue weighted by Crippen LogP contribution is 2.22. The number of carbonyl (C=O) groups is 1. The Hall–Kier alpha value is -2.64. The van der Waals surface area contributed by atoms with Crippen molar-refractivity contribution < 1.29 is 4.79 Å². The molecule has 0 bridgehead atoms. The van der Waals surface area contributed by atoms with Crippen LogP contribution in [0.4, 0.5) is 5.69 Å². The summed E-state index contributed by atoms with van der Waals surface area (Å²) < 4.78 is 0. The van der Waals surface area contributed by atoms with Crippen molar-refractivity contribution in [2.24, 2.45) is 0 Å². The average molecular weight is 349 g/mol. The summed E-state index contributed by atoms with van der Waals surface area (Å²) in [5, 5.41) is 12.0. The van der Waals surface area contributed by atoms with Crippen molar-refractivity contribution in [2.75, 3.05) is 12.4 Å². The fourth-order valence-corrected chi connectivity index (χ4v) is 2.66. The van der Waals surface area contributed by atoms with Gasteiger partial charge in [-0.05, 0) is 42.6 Å². The van der Waals surface area contributed by atoms with Gasteiger partial charge in [0.2, 0.25) is 5.91 Å². The number of nitrogens with zero attached hydrogens (tertiary/aromatic N) is 2. The van der Waals surface area contributed by atoms with Crippen LogP contribution >= 0.6 is 0 Å². The third-order valence-electron chi connectivity index (χ3n) is 4.60. The van der Waals surface area contributed by atoms with Gasteiger partial charge in [0.1, 0.15) is 6.07 Å². The lowest BCUT2D eigenvalue weighted by Gasteiger charge is -2.25. The van der Waals surface area contributed by atoms with Crippen molar-refractivity contribution in [1.29, 1.82) is 5.26 Å². The highest BCUT2D eigenvalue weighted by Gasteiger charge is 2.19. The summed E-state index contributed by atoms with van der Waals surface area (Å²) in [6, 6.07) is 17.3. The van der Waals surface area contributed by atoms with Gasteiger partial charge in [0.05, 0.1) is 17.3 Å². The number of nitrogens with one attached hydrogen (secondary N) is 1. The molecule has 0 aromatic heterocycles. The zero-order valence-corrected chi connectivity index (χ0v) is 16.2. The Labute approximate surface area is 156 Å². The van der Waals surface area contributed by atoms with Gasteiger partial charge in [0, 0.05) is 6.54 Å². The molecule has 26 heavy (non-hydrogen) atoms. The van der Waals surface area contributed by atoms with Crippen LogP contribution in [0.5, 0.6) is 0 Å². The largest absolute Gasteiger partial charge is 0.324 e. The number of amides is 1. The van der Waals surface area contributed by atoms with Gasteiger partial charge in [-0.2, -0.15) is 5.26 Å². The second-order valence-corrected chi connectivity index (χ2v) is 7.68. The van der Waals surface area contributed by atoms with Crippen LogP contribution in [0.25, 0.3) is 0 Å². The number of rotatable bonds is 5. The normalized spacial score (nSPS) is 12.5. The Morgan fingerprint density at radius 1 is 1.15 bits per heavy atom. The van der Waals surface area contributed by atoms with Crippen molar-refractivity contribution in [3.8, 4) is 6.07 Å². The molecule has 4 nitrogen and oxygen atoms in total. The SMILES string of the molecule is C[C@@H](C(=O)Nc1ccccc1C#N)N(C)Cc1ccc(C(C)(C)C)cc1. The molecule has 1 N–H and O–H groups in total. The molecular formula is C22H27N3O. The summed E-state index contributed by atoms with van der Waals surface area (Å²) in [7, 11) is 1.93. The van der Waals surface area contributed by atoms with E-state index in [4.69, 9.17) is 5.26 Å². The molecule has 136 valence electrons. The number of carbonyl (C=O) groups excluding carboxylic acids is 1. The second kappa shape index (κ2) is 8.16. The fourth-order valence-electron chi connectivity index (χ4n) is 2.66. The lowest BCUT2D eigenvalue weighted by atomic mass is 9.87. The van der Waals surface area contributed by atoms with E-state index in [1.54, 1.807) is 18.2 Å². The summed E-state index contributed by atoms with van der Waals surface area (Å²) in [6.07, 6.45) is 0. The molecule has 0 spiro atoms. The Balaban J connectivity index is 2.01. The van der Waals surface area contributed by atoms with E-state index >= 15 is 0 Å². The van der Waals surface area contributed by atoms with Crippen molar-refractivity contribution in [3.63, 3.8) is 0 Å². The molecule has 2 rings (SSSR count). The fraction of sp³-hybridized carbons (Fsp3) is 0.364. The molecule has 0 unspecified atom stereocenters. The first-order valence-corrected chi connectivity index (χ1v) is 8.82. The van der Waals surface area contributed by atoms with Gasteiger partial charge in [-0.15, -0.1) is 0 Å². The average Bonchev–Trinajstić information content (AvgIpc) is 2.61. The quantitative estimate of drug-likeness (QED) is 0.875. The first-order valence-electron chi connectivity index (χ1n) is 8.82. The van der Waals surface area contributed by atoms with E-state index in [1.165, 1.54) is 5.56 Å². The van der Waals surface area contributed by atoms with Crippen LogP contribution in [0.1, 0.15) is 44.4 Å². The van der Waals surface area contributed by atoms with Gasteiger partial charge in [0.15, 0.2) is 0 Å². The highest BCUT2D eigenvalue weighted by molar-refractivity contribution is 5.95. The zero-order valence-electron chi connectivity index (χ0n) is 16.2. The summed E-state index contributed by atoms with van der Waals surface area (Å²) in [6.45, 7) is 9.13. The van der Waals surface area contributed by atoms with E-state index in [0.717, 1.165) is 5.56 Å². The Bertz CT molecular complexity index is 797. The van der Waals surface area contributed by atoms with E-state index in [2.05, 4.69) is 56.4 Å². The predicted octanol–water partition coefficient (Wildman–Crippen LogP) is 4.31. The first-order chi connectivity index (χ1) is 12.2. The van der Waals surface area contributed by atoms with Crippen molar-refractivity contribution in [2.45, 2.75) is 45.7 Å². The van der Waals surface area contributed by atoms with Crippen LogP contribution in [0.15, 0.2) is 48.5 Å². The molecule has 0 fully saturated rings. The number of anilines is 1. The van der Waals surface area contributed by atoms with E-state index in [1.807, 2.05) is 24.9 Å². The minimum absolute atomic E-state index is 0.124. The molecule has 0 saturated carbocycles. The Morgan fingerprint density at radius 3 is 2.35 bits per heavy atom. The topological polar surface area (TPSA) is 56.1 Å². The molecule has 0 heterocycles. The molecular weight excluding hydrogens is 322 g/mol. The van der Waals surface area contributed by atoms with Crippen LogP contribution in [-0.4, -0.2) is 23.9 Å². The lowest BCUT2D eigenvalue weighted by molar-refractivity contribution is -0.120. The van der Waals surface area contributed by atoms with Crippen LogP contribution in [-0.2, 0) is 16.8 Å². The van der Waals surface area contributed by atoms with E-state index in [-0.39, 0.29) is 17.4 Å². The molecule has 4 heteroatoms. The van der Waals surface area contributed by atoms with Gasteiger partial charge >= 0.3 is 0 Å². The van der Waals surface area contributed by atoms with E-state index in [0.29, 0.717) is 17.8 Å². The van der Waals surface area contributed by atoms with Gasteiger partial charge in [-0.25, -0.2) is 0 Å². The lowest BCUT2D eigenvalue weighted by Crippen LogP contribution is -2.39. The summed E-state index contributed by atoms with van der Waals surface area (Å²) >= 11 is 0. The molecule has 2 aromatic carbocycles. The molecule has 0 saturated heterocycles. The molecule has 0 radical (unpaired) electrons. The van der Waals surface area contributed by atoms with Crippen LogP contribution < -0.4 is 5.32 Å². The Kier molecular flexibility index (Phi) is 6.18. The number of likely N-dealkylation sites (N-methyl/N-ethyl adjacent to an activating group) is 1. The highest BCUT2D eigenvalue weighted by atomic mass is 16.2. The third kappa shape index (κ3) is 4.93. The standard InChI is InChI=1S/C22H27N3O/c1-16(21(26)24-20-9-7-6-8-18(20)14-23)25(5)15-17-10-12-19(13-11-17)22(2,3)4/h6-13,16H,15H2,1-5H3,(H,24,26)/t16-/m0/s1. The maximum Gasteiger partial charge on any atom is 0.241 e. The molecule has 1 atom stereocenters. The molecule has 1 amide bonds. The number of para-hydroxylation sites is 1. The summed E-state index contributed by atoms with van der Waals surface area (Å²) in [5.41, 5.74) is 3.61. The van der Waals surface area contributed by atoms with Gasteiger partial charge in [0.25, 0.3) is 0 Å². The third-order valence-corrected chi connectivity index (χ3v) is 4.60. The predicted molar refractivity (Wildman–Crippen MR) is 106 cm³/mol. The van der Waals surface area contributed by atoms with Gasteiger partial charge in [-0.3, -0.25) is 9.69 Å².